The van der Waals surface area contributed by atoms with E-state index in [9.17, 15) is 9.59 Å². The smallest absolute Gasteiger partial charge is 0.266 e. The van der Waals surface area contributed by atoms with E-state index in [-0.39, 0.29) is 17.9 Å². The molecule has 1 atom stereocenters. The molecule has 1 unspecified atom stereocenters. The van der Waals surface area contributed by atoms with Crippen molar-refractivity contribution >= 4 is 39.6 Å². The van der Waals surface area contributed by atoms with Gasteiger partial charge >= 0.3 is 0 Å². The summed E-state index contributed by atoms with van der Waals surface area (Å²) in [5.74, 6) is -0.602. The molecule has 5 nitrogen and oxygen atoms in total. The Morgan fingerprint density at radius 1 is 0.579 bits per heavy atom. The number of imide groups is 1. The zero-order valence-corrected chi connectivity index (χ0v) is 20.4. The van der Waals surface area contributed by atoms with Gasteiger partial charge in [-0.05, 0) is 47.4 Å². The Kier molecular flexibility index (Phi) is 5.08. The molecule has 0 saturated carbocycles. The summed E-state index contributed by atoms with van der Waals surface area (Å²) in [6, 6.07) is 39.3. The topological polar surface area (TPSA) is 43.9 Å². The average molecular weight is 494 g/mol. The Morgan fingerprint density at radius 2 is 1.16 bits per heavy atom. The van der Waals surface area contributed by atoms with Crippen molar-refractivity contribution in [2.24, 2.45) is 0 Å². The van der Waals surface area contributed by atoms with Gasteiger partial charge in [-0.25, -0.2) is 4.90 Å². The Morgan fingerprint density at radius 3 is 1.84 bits per heavy atom. The van der Waals surface area contributed by atoms with Gasteiger partial charge in [0.25, 0.3) is 11.8 Å². The lowest BCUT2D eigenvalue weighted by Crippen LogP contribution is -2.37. The van der Waals surface area contributed by atoms with E-state index in [1.165, 1.54) is 4.90 Å². The van der Waals surface area contributed by atoms with Crippen LogP contribution in [0.15, 0.2) is 134 Å². The van der Waals surface area contributed by atoms with Crippen LogP contribution in [0.1, 0.15) is 32.3 Å². The van der Waals surface area contributed by atoms with E-state index >= 15 is 0 Å². The van der Waals surface area contributed by atoms with Crippen LogP contribution in [0.3, 0.4) is 0 Å². The second-order valence-electron chi connectivity index (χ2n) is 9.37. The Bertz CT molecular complexity index is 1720. The minimum absolute atomic E-state index is 0.0382. The summed E-state index contributed by atoms with van der Waals surface area (Å²) in [6.45, 7) is 0. The number of nitrogens with zero attached hydrogens (tertiary/aromatic N) is 3. The number of hydrogen-bond donors (Lipinski definition) is 0. The fourth-order valence-corrected chi connectivity index (χ4v) is 5.50. The number of amides is 2. The van der Waals surface area contributed by atoms with Crippen LogP contribution in [0.5, 0.6) is 0 Å². The second kappa shape index (κ2) is 8.75. The molecule has 0 aliphatic carbocycles. The summed E-state index contributed by atoms with van der Waals surface area (Å²) in [7, 11) is 0. The standard InChI is InChI=1S/C33H23N3O2/c37-32-28-22-30(26-18-10-11-19-27(26)31(28)33(38)35(32)24-14-6-2-7-15-24)34-21-20-29(23-12-4-1-5-13-23)36(34)25-16-8-3-9-17-25/h1-22,29H. The first-order chi connectivity index (χ1) is 18.7. The van der Waals surface area contributed by atoms with E-state index in [0.29, 0.717) is 16.8 Å². The van der Waals surface area contributed by atoms with E-state index in [0.717, 1.165) is 27.7 Å². The molecule has 0 spiro atoms. The van der Waals surface area contributed by atoms with Crippen molar-refractivity contribution in [1.82, 2.24) is 0 Å². The predicted octanol–water partition coefficient (Wildman–Crippen LogP) is 7.14. The molecule has 0 N–H and O–H groups in total. The van der Waals surface area contributed by atoms with E-state index in [2.05, 4.69) is 46.6 Å². The number of hydrazine groups is 1. The number of benzene rings is 5. The molecular weight excluding hydrogens is 470 g/mol. The van der Waals surface area contributed by atoms with E-state index in [1.807, 2.05) is 84.9 Å². The Labute approximate surface area is 220 Å². The fraction of sp³-hybridized carbons (Fsp3) is 0.0303. The maximum Gasteiger partial charge on any atom is 0.266 e. The molecule has 2 heterocycles. The molecule has 0 bridgehead atoms. The number of hydrogen-bond acceptors (Lipinski definition) is 4. The molecule has 2 amide bonds. The minimum atomic E-state index is -0.308. The molecule has 0 aromatic heterocycles. The summed E-state index contributed by atoms with van der Waals surface area (Å²) < 4.78 is 0. The number of fused-ring (bicyclic) bond motifs is 3. The second-order valence-corrected chi connectivity index (χ2v) is 9.37. The van der Waals surface area contributed by atoms with Crippen molar-refractivity contribution < 1.29 is 9.59 Å². The largest absolute Gasteiger partial charge is 0.270 e. The van der Waals surface area contributed by atoms with E-state index in [1.54, 1.807) is 12.1 Å². The van der Waals surface area contributed by atoms with Crippen LogP contribution in [-0.4, -0.2) is 11.8 Å². The lowest BCUT2D eigenvalue weighted by atomic mass is 9.98. The van der Waals surface area contributed by atoms with Gasteiger partial charge in [0.1, 0.15) is 0 Å². The normalized spacial score (nSPS) is 16.5. The Hall–Kier alpha value is -5.16. The number of carbonyl (C=O) groups is 2. The highest BCUT2D eigenvalue weighted by molar-refractivity contribution is 6.38. The monoisotopic (exact) mass is 493 g/mol. The number of para-hydroxylation sites is 2. The van der Waals surface area contributed by atoms with Gasteiger partial charge in [0, 0.05) is 11.6 Å². The van der Waals surface area contributed by atoms with Crippen LogP contribution in [0.25, 0.3) is 10.8 Å². The van der Waals surface area contributed by atoms with Crippen LogP contribution < -0.4 is 14.9 Å². The summed E-state index contributed by atoms with van der Waals surface area (Å²) in [5, 5.41) is 5.99. The molecule has 5 heteroatoms. The van der Waals surface area contributed by atoms with Crippen molar-refractivity contribution in [3.8, 4) is 0 Å². The zero-order chi connectivity index (χ0) is 25.6. The molecule has 7 rings (SSSR count). The SMILES string of the molecule is O=C1c2cc(N3C=CC(c4ccccc4)N3c3ccccc3)c3ccccc3c2C(=O)N1c1ccccc1. The van der Waals surface area contributed by atoms with Gasteiger partial charge in [0.2, 0.25) is 0 Å². The van der Waals surface area contributed by atoms with Gasteiger partial charge in [0.15, 0.2) is 0 Å². The van der Waals surface area contributed by atoms with Gasteiger partial charge in [-0.2, -0.15) is 0 Å². The summed E-state index contributed by atoms with van der Waals surface area (Å²) in [4.78, 5) is 28.6. The van der Waals surface area contributed by atoms with Crippen LogP contribution in [0.4, 0.5) is 17.1 Å². The van der Waals surface area contributed by atoms with Gasteiger partial charge in [-0.15, -0.1) is 0 Å². The van der Waals surface area contributed by atoms with E-state index in [4.69, 9.17) is 0 Å². The minimum Gasteiger partial charge on any atom is -0.270 e. The average Bonchev–Trinajstić information content (AvgIpc) is 3.53. The van der Waals surface area contributed by atoms with Gasteiger partial charge < -0.3 is 0 Å². The molecule has 0 radical (unpaired) electrons. The molecule has 0 saturated heterocycles. The Balaban J connectivity index is 1.42. The van der Waals surface area contributed by atoms with Crippen molar-refractivity contribution in [2.45, 2.75) is 6.04 Å². The highest BCUT2D eigenvalue weighted by Crippen LogP contribution is 2.43. The van der Waals surface area contributed by atoms with Gasteiger partial charge in [-0.3, -0.25) is 19.6 Å². The summed E-state index contributed by atoms with van der Waals surface area (Å²) in [5.41, 5.74) is 4.45. The van der Waals surface area contributed by atoms with Gasteiger partial charge in [0.05, 0.1) is 34.2 Å². The first-order valence-corrected chi connectivity index (χ1v) is 12.6. The fourth-order valence-electron chi connectivity index (χ4n) is 5.50. The van der Waals surface area contributed by atoms with E-state index < -0.39 is 0 Å². The van der Waals surface area contributed by atoms with Crippen molar-refractivity contribution in [3.63, 3.8) is 0 Å². The predicted molar refractivity (Wildman–Crippen MR) is 151 cm³/mol. The van der Waals surface area contributed by atoms with Crippen molar-refractivity contribution in [2.75, 3.05) is 14.9 Å². The highest BCUT2D eigenvalue weighted by Gasteiger charge is 2.40. The number of carbonyl (C=O) groups excluding carboxylic acids is 2. The third kappa shape index (κ3) is 3.33. The molecule has 5 aromatic carbocycles. The van der Waals surface area contributed by atoms with Crippen molar-refractivity contribution in [3.05, 3.63) is 150 Å². The maximum absolute atomic E-state index is 13.7. The van der Waals surface area contributed by atoms with Crippen LogP contribution in [0.2, 0.25) is 0 Å². The third-order valence-electron chi connectivity index (χ3n) is 7.20. The number of rotatable bonds is 4. The molecule has 182 valence electrons. The molecule has 2 aliphatic heterocycles. The molecular formula is C33H23N3O2. The van der Waals surface area contributed by atoms with Crippen LogP contribution in [0, 0.1) is 0 Å². The summed E-state index contributed by atoms with van der Waals surface area (Å²) in [6.07, 6.45) is 4.21. The highest BCUT2D eigenvalue weighted by atomic mass is 16.2. The first kappa shape index (κ1) is 22.1. The maximum atomic E-state index is 13.7. The zero-order valence-electron chi connectivity index (χ0n) is 20.4. The van der Waals surface area contributed by atoms with Crippen LogP contribution >= 0.6 is 0 Å². The quantitative estimate of drug-likeness (QED) is 0.250. The molecule has 2 aliphatic rings. The lowest BCUT2D eigenvalue weighted by Gasteiger charge is -2.36. The first-order valence-electron chi connectivity index (χ1n) is 12.6. The number of anilines is 3. The summed E-state index contributed by atoms with van der Waals surface area (Å²) >= 11 is 0. The molecule has 0 fully saturated rings. The van der Waals surface area contributed by atoms with Gasteiger partial charge in [-0.1, -0.05) is 91.0 Å². The molecule has 38 heavy (non-hydrogen) atoms. The third-order valence-corrected chi connectivity index (χ3v) is 7.20. The lowest BCUT2D eigenvalue weighted by molar-refractivity contribution is 0.0926. The molecule has 5 aromatic rings. The van der Waals surface area contributed by atoms with Crippen molar-refractivity contribution in [1.29, 1.82) is 0 Å². The van der Waals surface area contributed by atoms with Crippen LogP contribution in [-0.2, 0) is 0 Å².